The van der Waals surface area contributed by atoms with Crippen LogP contribution in [0.2, 0.25) is 0 Å². The van der Waals surface area contributed by atoms with E-state index in [-0.39, 0.29) is 5.92 Å². The SMILES string of the molecule is CC(C)C(O)C(=O)O.CCCCC(O)C(=O)O. The van der Waals surface area contributed by atoms with Crippen molar-refractivity contribution in [2.75, 3.05) is 0 Å². The molecule has 0 bridgehead atoms. The number of aliphatic carboxylic acids is 2. The molecule has 2 atom stereocenters. The van der Waals surface area contributed by atoms with Gasteiger partial charge in [-0.15, -0.1) is 0 Å². The molecule has 6 nitrogen and oxygen atoms in total. The molecule has 2 unspecified atom stereocenters. The average molecular weight is 250 g/mol. The van der Waals surface area contributed by atoms with E-state index in [1.807, 2.05) is 6.92 Å². The minimum atomic E-state index is -1.21. The fourth-order valence-corrected chi connectivity index (χ4v) is 0.806. The summed E-state index contributed by atoms with van der Waals surface area (Å²) in [5.41, 5.74) is 0. The van der Waals surface area contributed by atoms with Crippen molar-refractivity contribution in [3.8, 4) is 0 Å². The van der Waals surface area contributed by atoms with Crippen LogP contribution in [0.15, 0.2) is 0 Å². The molecule has 6 heteroatoms. The Morgan fingerprint density at radius 3 is 1.71 bits per heavy atom. The molecule has 17 heavy (non-hydrogen) atoms. The number of unbranched alkanes of at least 4 members (excludes halogenated alkanes) is 1. The largest absolute Gasteiger partial charge is 0.479 e. The molecule has 0 aliphatic rings. The van der Waals surface area contributed by atoms with Crippen LogP contribution in [0.25, 0.3) is 0 Å². The van der Waals surface area contributed by atoms with Gasteiger partial charge < -0.3 is 20.4 Å². The normalized spacial score (nSPS) is 13.5. The second-order valence-electron chi connectivity index (χ2n) is 4.02. The van der Waals surface area contributed by atoms with E-state index in [9.17, 15) is 9.59 Å². The Kier molecular flexibility index (Phi) is 10.8. The van der Waals surface area contributed by atoms with Crippen LogP contribution in [0.4, 0.5) is 0 Å². The lowest BCUT2D eigenvalue weighted by Gasteiger charge is -2.06. The van der Waals surface area contributed by atoms with Gasteiger partial charge in [-0.1, -0.05) is 33.6 Å². The molecule has 0 saturated heterocycles. The third-order valence-corrected chi connectivity index (χ3v) is 2.00. The number of carboxylic acids is 2. The van der Waals surface area contributed by atoms with Gasteiger partial charge in [-0.05, 0) is 12.3 Å². The van der Waals surface area contributed by atoms with Crippen LogP contribution in [0.1, 0.15) is 40.0 Å². The van der Waals surface area contributed by atoms with Crippen LogP contribution in [-0.4, -0.2) is 44.6 Å². The summed E-state index contributed by atoms with van der Waals surface area (Å²) in [7, 11) is 0. The van der Waals surface area contributed by atoms with Gasteiger partial charge in [0.2, 0.25) is 0 Å². The van der Waals surface area contributed by atoms with Gasteiger partial charge in [0.25, 0.3) is 0 Å². The smallest absolute Gasteiger partial charge is 0.332 e. The molecule has 0 radical (unpaired) electrons. The number of carbonyl (C=O) groups is 2. The molecular formula is C11H22O6. The molecule has 0 amide bonds. The van der Waals surface area contributed by atoms with E-state index >= 15 is 0 Å². The molecule has 0 saturated carbocycles. The van der Waals surface area contributed by atoms with Gasteiger partial charge in [0, 0.05) is 0 Å². The second-order valence-corrected chi connectivity index (χ2v) is 4.02. The van der Waals surface area contributed by atoms with E-state index in [2.05, 4.69) is 0 Å². The number of hydrogen-bond acceptors (Lipinski definition) is 4. The van der Waals surface area contributed by atoms with Gasteiger partial charge in [0.15, 0.2) is 12.2 Å². The van der Waals surface area contributed by atoms with Crippen molar-refractivity contribution in [2.45, 2.75) is 52.2 Å². The highest BCUT2D eigenvalue weighted by molar-refractivity contribution is 5.72. The van der Waals surface area contributed by atoms with E-state index in [0.29, 0.717) is 6.42 Å². The summed E-state index contributed by atoms with van der Waals surface area (Å²) < 4.78 is 0. The summed E-state index contributed by atoms with van der Waals surface area (Å²) in [5, 5.41) is 33.5. The molecule has 0 rings (SSSR count). The van der Waals surface area contributed by atoms with E-state index < -0.39 is 24.1 Å². The Bertz CT molecular complexity index is 226. The maximum Gasteiger partial charge on any atom is 0.332 e. The van der Waals surface area contributed by atoms with Crippen molar-refractivity contribution in [3.63, 3.8) is 0 Å². The number of carboxylic acid groups (broad SMARTS) is 2. The first-order valence-electron chi connectivity index (χ1n) is 5.55. The molecule has 0 aromatic heterocycles. The number of aliphatic hydroxyl groups is 2. The van der Waals surface area contributed by atoms with Crippen molar-refractivity contribution in [2.24, 2.45) is 5.92 Å². The van der Waals surface area contributed by atoms with Gasteiger partial charge in [0.1, 0.15) is 0 Å². The monoisotopic (exact) mass is 250 g/mol. The van der Waals surface area contributed by atoms with E-state index in [4.69, 9.17) is 20.4 Å². The van der Waals surface area contributed by atoms with Crippen LogP contribution >= 0.6 is 0 Å². The first-order valence-corrected chi connectivity index (χ1v) is 5.55. The number of hydrogen-bond donors (Lipinski definition) is 4. The summed E-state index contributed by atoms with van der Waals surface area (Å²) in [6.07, 6.45) is -0.316. The van der Waals surface area contributed by atoms with Crippen LogP contribution < -0.4 is 0 Å². The lowest BCUT2D eigenvalue weighted by atomic mass is 10.1. The van der Waals surface area contributed by atoms with Crippen LogP contribution in [-0.2, 0) is 9.59 Å². The van der Waals surface area contributed by atoms with Gasteiger partial charge >= 0.3 is 11.9 Å². The lowest BCUT2D eigenvalue weighted by molar-refractivity contribution is -0.149. The van der Waals surface area contributed by atoms with E-state index in [1.165, 1.54) is 0 Å². The Labute approximate surface area is 101 Å². The predicted octanol–water partition coefficient (Wildman–Crippen LogP) is 0.710. The first-order chi connectivity index (χ1) is 7.73. The molecule has 0 aliphatic heterocycles. The topological polar surface area (TPSA) is 115 Å². The molecule has 0 aromatic carbocycles. The summed E-state index contributed by atoms with van der Waals surface area (Å²) >= 11 is 0. The minimum absolute atomic E-state index is 0.201. The van der Waals surface area contributed by atoms with Crippen molar-refractivity contribution < 1.29 is 30.0 Å². The van der Waals surface area contributed by atoms with Gasteiger partial charge in [-0.25, -0.2) is 9.59 Å². The zero-order chi connectivity index (χ0) is 14.0. The Morgan fingerprint density at radius 2 is 1.53 bits per heavy atom. The quantitative estimate of drug-likeness (QED) is 0.552. The Morgan fingerprint density at radius 1 is 1.06 bits per heavy atom. The molecule has 0 heterocycles. The number of rotatable bonds is 6. The van der Waals surface area contributed by atoms with Crippen molar-refractivity contribution in [3.05, 3.63) is 0 Å². The third-order valence-electron chi connectivity index (χ3n) is 2.00. The lowest BCUT2D eigenvalue weighted by Crippen LogP contribution is -2.25. The highest BCUT2D eigenvalue weighted by Crippen LogP contribution is 1.99. The first kappa shape index (κ1) is 18.2. The van der Waals surface area contributed by atoms with Crippen molar-refractivity contribution >= 4 is 11.9 Å². The standard InChI is InChI=1S/C6H12O3.C5H10O3/c1-2-3-4-5(7)6(8)9;1-3(2)4(6)5(7)8/h5,7H,2-4H2,1H3,(H,8,9);3-4,6H,1-2H3,(H,7,8). The summed E-state index contributed by atoms with van der Waals surface area (Å²) in [5.74, 6) is -2.48. The van der Waals surface area contributed by atoms with Gasteiger partial charge in [-0.2, -0.15) is 0 Å². The highest BCUT2D eigenvalue weighted by Gasteiger charge is 2.16. The van der Waals surface area contributed by atoms with Crippen LogP contribution in [0.5, 0.6) is 0 Å². The fourth-order valence-electron chi connectivity index (χ4n) is 0.806. The Balaban J connectivity index is 0. The minimum Gasteiger partial charge on any atom is -0.479 e. The van der Waals surface area contributed by atoms with Crippen molar-refractivity contribution in [1.29, 1.82) is 0 Å². The van der Waals surface area contributed by atoms with Crippen LogP contribution in [0, 0.1) is 5.92 Å². The molecule has 0 fully saturated rings. The molecular weight excluding hydrogens is 228 g/mol. The molecule has 0 spiro atoms. The molecule has 4 N–H and O–H groups in total. The summed E-state index contributed by atoms with van der Waals surface area (Å²) in [6.45, 7) is 5.26. The van der Waals surface area contributed by atoms with Crippen LogP contribution in [0.3, 0.4) is 0 Å². The summed E-state index contributed by atoms with van der Waals surface area (Å²) in [4.78, 5) is 19.8. The maximum atomic E-state index is 9.96. The van der Waals surface area contributed by atoms with Crippen molar-refractivity contribution in [1.82, 2.24) is 0 Å². The van der Waals surface area contributed by atoms with E-state index in [0.717, 1.165) is 12.8 Å². The second kappa shape index (κ2) is 10.0. The maximum absolute atomic E-state index is 9.96. The molecule has 0 aliphatic carbocycles. The van der Waals surface area contributed by atoms with Gasteiger partial charge in [-0.3, -0.25) is 0 Å². The average Bonchev–Trinajstić information content (AvgIpc) is 2.25. The Hall–Kier alpha value is -1.14. The molecule has 102 valence electrons. The zero-order valence-electron chi connectivity index (χ0n) is 10.5. The summed E-state index contributed by atoms with van der Waals surface area (Å²) in [6, 6.07) is 0. The predicted molar refractivity (Wildman–Crippen MR) is 61.6 cm³/mol. The van der Waals surface area contributed by atoms with Gasteiger partial charge in [0.05, 0.1) is 0 Å². The highest BCUT2D eigenvalue weighted by atomic mass is 16.4. The third kappa shape index (κ3) is 11.1. The van der Waals surface area contributed by atoms with E-state index in [1.54, 1.807) is 13.8 Å². The zero-order valence-corrected chi connectivity index (χ0v) is 10.5. The number of aliphatic hydroxyl groups excluding tert-OH is 2. The molecule has 0 aromatic rings. The fraction of sp³-hybridized carbons (Fsp3) is 0.818.